The van der Waals surface area contributed by atoms with Crippen LogP contribution in [0.3, 0.4) is 0 Å². The first-order valence-electron chi connectivity index (χ1n) is 6.94. The van der Waals surface area contributed by atoms with Gasteiger partial charge in [0.1, 0.15) is 0 Å². The number of amides is 1. The van der Waals surface area contributed by atoms with Crippen molar-refractivity contribution in [2.24, 2.45) is 11.8 Å². The summed E-state index contributed by atoms with van der Waals surface area (Å²) in [6.45, 7) is 3.55. The van der Waals surface area contributed by atoms with Gasteiger partial charge in [0.15, 0.2) is 11.6 Å². The Balaban J connectivity index is 1.75. The fourth-order valence-corrected chi connectivity index (χ4v) is 3.26. The molecule has 2 aliphatic rings. The van der Waals surface area contributed by atoms with E-state index in [-0.39, 0.29) is 11.5 Å². The topological polar surface area (TPSA) is 20.3 Å². The Kier molecular flexibility index (Phi) is 3.32. The van der Waals surface area contributed by atoms with Gasteiger partial charge in [-0.2, -0.15) is 0 Å². The normalized spacial score (nSPS) is 25.4. The van der Waals surface area contributed by atoms with Crippen molar-refractivity contribution in [3.05, 3.63) is 47.0 Å². The Hall–Kier alpha value is -1.71. The molecule has 1 fully saturated rings. The minimum atomic E-state index is -0.968. The predicted molar refractivity (Wildman–Crippen MR) is 72.2 cm³/mol. The number of benzene rings is 1. The molecule has 20 heavy (non-hydrogen) atoms. The summed E-state index contributed by atoms with van der Waals surface area (Å²) in [7, 11) is 0. The van der Waals surface area contributed by atoms with Gasteiger partial charge in [-0.3, -0.25) is 4.79 Å². The summed E-state index contributed by atoms with van der Waals surface area (Å²) in [6, 6.07) is 3.35. The smallest absolute Gasteiger partial charge is 0.253 e. The molecule has 0 radical (unpaired) electrons. The van der Waals surface area contributed by atoms with Crippen LogP contribution in [0.2, 0.25) is 0 Å². The van der Waals surface area contributed by atoms with Gasteiger partial charge >= 0.3 is 0 Å². The molecule has 0 unspecified atom stereocenters. The quantitative estimate of drug-likeness (QED) is 0.720. The molecular weight excluding hydrogens is 260 g/mol. The predicted octanol–water partition coefficient (Wildman–Crippen LogP) is 3.39. The molecule has 1 aromatic carbocycles. The summed E-state index contributed by atoms with van der Waals surface area (Å²) in [5.74, 6) is -1.07. The third-order valence-electron chi connectivity index (χ3n) is 4.38. The molecule has 106 valence electrons. The lowest BCUT2D eigenvalue weighted by atomic mass is 9.83. The van der Waals surface area contributed by atoms with Gasteiger partial charge in [0.25, 0.3) is 5.91 Å². The summed E-state index contributed by atoms with van der Waals surface area (Å²) >= 11 is 0. The van der Waals surface area contributed by atoms with Gasteiger partial charge in [0.05, 0.1) is 0 Å². The number of fused-ring (bicyclic) bond motifs is 1. The van der Waals surface area contributed by atoms with Crippen LogP contribution in [0.25, 0.3) is 0 Å². The summed E-state index contributed by atoms with van der Waals surface area (Å²) in [4.78, 5) is 14.1. The van der Waals surface area contributed by atoms with Crippen LogP contribution in [0, 0.1) is 23.5 Å². The van der Waals surface area contributed by atoms with Gasteiger partial charge in [0.2, 0.25) is 0 Å². The highest BCUT2D eigenvalue weighted by Crippen LogP contribution is 2.36. The Morgan fingerprint density at radius 2 is 1.95 bits per heavy atom. The number of rotatable bonds is 1. The zero-order valence-corrected chi connectivity index (χ0v) is 11.4. The lowest BCUT2D eigenvalue weighted by molar-refractivity contribution is 0.0783. The zero-order valence-electron chi connectivity index (χ0n) is 11.4. The number of halogens is 2. The van der Waals surface area contributed by atoms with Crippen molar-refractivity contribution in [2.75, 3.05) is 13.1 Å². The van der Waals surface area contributed by atoms with Crippen LogP contribution in [0.5, 0.6) is 0 Å². The van der Waals surface area contributed by atoms with Crippen molar-refractivity contribution in [1.82, 2.24) is 4.90 Å². The van der Waals surface area contributed by atoms with E-state index in [1.165, 1.54) is 11.6 Å². The number of carbonyl (C=O) groups excluding carboxylic acids is 1. The Labute approximate surface area is 117 Å². The van der Waals surface area contributed by atoms with Crippen molar-refractivity contribution in [3.8, 4) is 0 Å². The van der Waals surface area contributed by atoms with E-state index >= 15 is 0 Å². The number of likely N-dealkylation sites (tertiary alicyclic amines) is 1. The molecule has 0 aromatic heterocycles. The minimum Gasteiger partial charge on any atom is -0.338 e. The lowest BCUT2D eigenvalue weighted by Gasteiger charge is -2.21. The molecule has 2 atom stereocenters. The number of hydrogen-bond acceptors (Lipinski definition) is 1. The van der Waals surface area contributed by atoms with E-state index in [0.717, 1.165) is 25.0 Å². The van der Waals surface area contributed by atoms with Crippen molar-refractivity contribution >= 4 is 5.91 Å². The van der Waals surface area contributed by atoms with Gasteiger partial charge in [-0.05, 0) is 49.8 Å². The number of allylic oxidation sites excluding steroid dienone is 2. The van der Waals surface area contributed by atoms with Gasteiger partial charge in [-0.25, -0.2) is 8.78 Å². The van der Waals surface area contributed by atoms with E-state index in [1.807, 2.05) is 0 Å². The number of carbonyl (C=O) groups is 1. The third kappa shape index (κ3) is 2.35. The molecule has 0 spiro atoms. The van der Waals surface area contributed by atoms with Crippen LogP contribution in [-0.4, -0.2) is 23.9 Å². The van der Waals surface area contributed by atoms with Crippen LogP contribution in [0.1, 0.15) is 30.1 Å². The van der Waals surface area contributed by atoms with E-state index in [2.05, 4.69) is 13.0 Å². The summed E-state index contributed by atoms with van der Waals surface area (Å²) < 4.78 is 26.1. The zero-order chi connectivity index (χ0) is 14.3. The van der Waals surface area contributed by atoms with Gasteiger partial charge in [-0.1, -0.05) is 11.6 Å². The Bertz CT molecular complexity index is 582. The Morgan fingerprint density at radius 3 is 2.70 bits per heavy atom. The second-order valence-corrected chi connectivity index (χ2v) is 5.85. The summed E-state index contributed by atoms with van der Waals surface area (Å²) in [6.07, 6.45) is 4.29. The lowest BCUT2D eigenvalue weighted by Crippen LogP contribution is -2.29. The highest BCUT2D eigenvalue weighted by atomic mass is 19.2. The molecule has 1 aliphatic heterocycles. The summed E-state index contributed by atoms with van der Waals surface area (Å²) in [5, 5.41) is 0. The second-order valence-electron chi connectivity index (χ2n) is 5.85. The standard InChI is InChI=1S/C16H17F2NO/c1-10-2-3-12-8-19(9-13(12)6-10)16(20)11-4-5-14(17)15(18)7-11/h2,4-5,7,12-13H,3,6,8-9H2,1H3/t12-,13+/m1/s1. The monoisotopic (exact) mass is 277 g/mol. The molecule has 1 amide bonds. The maximum atomic E-state index is 13.2. The first kappa shape index (κ1) is 13.3. The number of hydrogen-bond donors (Lipinski definition) is 0. The Morgan fingerprint density at radius 1 is 1.20 bits per heavy atom. The van der Waals surface area contributed by atoms with Crippen LogP contribution in [0.15, 0.2) is 29.8 Å². The molecule has 3 rings (SSSR count). The first-order chi connectivity index (χ1) is 9.54. The molecule has 0 saturated carbocycles. The van der Waals surface area contributed by atoms with E-state index in [4.69, 9.17) is 0 Å². The van der Waals surface area contributed by atoms with Gasteiger partial charge < -0.3 is 4.90 Å². The molecular formula is C16H17F2NO. The third-order valence-corrected chi connectivity index (χ3v) is 4.38. The molecule has 1 aromatic rings. The molecule has 4 heteroatoms. The largest absolute Gasteiger partial charge is 0.338 e. The second kappa shape index (κ2) is 5.00. The van der Waals surface area contributed by atoms with Crippen molar-refractivity contribution < 1.29 is 13.6 Å². The van der Waals surface area contributed by atoms with E-state index in [9.17, 15) is 13.6 Å². The van der Waals surface area contributed by atoms with Crippen LogP contribution >= 0.6 is 0 Å². The molecule has 1 aliphatic carbocycles. The van der Waals surface area contributed by atoms with Gasteiger partial charge in [-0.15, -0.1) is 0 Å². The molecule has 0 N–H and O–H groups in total. The fourth-order valence-electron chi connectivity index (χ4n) is 3.26. The molecule has 1 saturated heterocycles. The maximum absolute atomic E-state index is 13.2. The maximum Gasteiger partial charge on any atom is 0.253 e. The number of nitrogens with zero attached hydrogens (tertiary/aromatic N) is 1. The van der Waals surface area contributed by atoms with Crippen LogP contribution < -0.4 is 0 Å². The van der Waals surface area contributed by atoms with Crippen molar-refractivity contribution in [3.63, 3.8) is 0 Å². The fraction of sp³-hybridized carbons (Fsp3) is 0.438. The van der Waals surface area contributed by atoms with Crippen molar-refractivity contribution in [1.29, 1.82) is 0 Å². The average Bonchev–Trinajstić information content (AvgIpc) is 2.84. The van der Waals surface area contributed by atoms with Crippen LogP contribution in [-0.2, 0) is 0 Å². The van der Waals surface area contributed by atoms with E-state index in [1.54, 1.807) is 4.90 Å². The highest BCUT2D eigenvalue weighted by Gasteiger charge is 2.36. The summed E-state index contributed by atoms with van der Waals surface area (Å²) in [5.41, 5.74) is 1.61. The first-order valence-corrected chi connectivity index (χ1v) is 6.94. The van der Waals surface area contributed by atoms with Crippen molar-refractivity contribution in [2.45, 2.75) is 19.8 Å². The van der Waals surface area contributed by atoms with E-state index < -0.39 is 11.6 Å². The van der Waals surface area contributed by atoms with E-state index in [0.29, 0.717) is 24.9 Å². The molecule has 0 bridgehead atoms. The molecule has 2 nitrogen and oxygen atoms in total. The van der Waals surface area contributed by atoms with Gasteiger partial charge in [0, 0.05) is 18.7 Å². The highest BCUT2D eigenvalue weighted by molar-refractivity contribution is 5.94. The van der Waals surface area contributed by atoms with Crippen LogP contribution in [0.4, 0.5) is 8.78 Å². The SMILES string of the molecule is CC1=CC[C@@H]2CN(C(=O)c3ccc(F)c(F)c3)C[C@@H]2C1. The minimum absolute atomic E-state index is 0.198. The molecule has 1 heterocycles. The average molecular weight is 277 g/mol.